The zero-order valence-electron chi connectivity index (χ0n) is 13.3. The first-order valence-corrected chi connectivity index (χ1v) is 7.95. The molecule has 0 unspecified atom stereocenters. The molecule has 2 heterocycles. The standard InChI is InChI=1S/C16H17F2N3O4/c17-11-7-10(20-4-1-9(2-5-20)15(23)24)8-12(18)14(11)21-6-3-13(22)19-16(21)25/h7-9H,1-6H2,(H,23,24)(H,19,22,25). The Morgan fingerprint density at radius 1 is 1.12 bits per heavy atom. The fourth-order valence-electron chi connectivity index (χ4n) is 3.15. The van der Waals surface area contributed by atoms with Crippen molar-refractivity contribution < 1.29 is 28.3 Å². The third-order valence-corrected chi connectivity index (χ3v) is 4.53. The Kier molecular flexibility index (Phi) is 4.56. The molecule has 0 radical (unpaired) electrons. The molecule has 1 aromatic carbocycles. The molecule has 2 saturated heterocycles. The number of amides is 3. The summed E-state index contributed by atoms with van der Waals surface area (Å²) in [6.45, 7) is 0.670. The summed E-state index contributed by atoms with van der Waals surface area (Å²) in [6, 6.07) is 1.40. The molecule has 7 nitrogen and oxygen atoms in total. The molecule has 134 valence electrons. The quantitative estimate of drug-likeness (QED) is 0.863. The highest BCUT2D eigenvalue weighted by Gasteiger charge is 2.30. The van der Waals surface area contributed by atoms with Gasteiger partial charge in [0, 0.05) is 31.7 Å². The number of benzene rings is 1. The molecule has 3 amide bonds. The first kappa shape index (κ1) is 17.1. The number of carbonyl (C=O) groups excluding carboxylic acids is 2. The summed E-state index contributed by atoms with van der Waals surface area (Å²) >= 11 is 0. The van der Waals surface area contributed by atoms with Gasteiger partial charge in [0.05, 0.1) is 5.92 Å². The van der Waals surface area contributed by atoms with Gasteiger partial charge in [0.2, 0.25) is 5.91 Å². The Balaban J connectivity index is 1.80. The first-order chi connectivity index (χ1) is 11.9. The fraction of sp³-hybridized carbons (Fsp3) is 0.438. The predicted octanol–water partition coefficient (Wildman–Crippen LogP) is 1.71. The van der Waals surface area contributed by atoms with Crippen LogP contribution >= 0.6 is 0 Å². The van der Waals surface area contributed by atoms with Gasteiger partial charge in [0.1, 0.15) is 5.69 Å². The van der Waals surface area contributed by atoms with E-state index in [1.54, 1.807) is 4.90 Å². The molecule has 2 N–H and O–H groups in total. The Labute approximate surface area is 142 Å². The highest BCUT2D eigenvalue weighted by molar-refractivity contribution is 6.05. The van der Waals surface area contributed by atoms with Crippen molar-refractivity contribution in [1.82, 2.24) is 5.32 Å². The van der Waals surface area contributed by atoms with Gasteiger partial charge in [-0.05, 0) is 25.0 Å². The molecule has 9 heteroatoms. The number of nitrogens with one attached hydrogen (secondary N) is 1. The van der Waals surface area contributed by atoms with E-state index in [2.05, 4.69) is 0 Å². The van der Waals surface area contributed by atoms with Crippen LogP contribution in [-0.4, -0.2) is 42.6 Å². The Morgan fingerprint density at radius 2 is 1.72 bits per heavy atom. The van der Waals surface area contributed by atoms with Crippen LogP contribution in [0.1, 0.15) is 19.3 Å². The zero-order valence-corrected chi connectivity index (χ0v) is 13.3. The summed E-state index contributed by atoms with van der Waals surface area (Å²) in [7, 11) is 0. The second kappa shape index (κ2) is 6.66. The number of hydrogen-bond donors (Lipinski definition) is 2. The van der Waals surface area contributed by atoms with Gasteiger partial charge in [-0.25, -0.2) is 13.6 Å². The monoisotopic (exact) mass is 353 g/mol. The smallest absolute Gasteiger partial charge is 0.328 e. The average molecular weight is 353 g/mol. The van der Waals surface area contributed by atoms with Crippen LogP contribution in [0.25, 0.3) is 0 Å². The van der Waals surface area contributed by atoms with E-state index in [1.807, 2.05) is 5.32 Å². The van der Waals surface area contributed by atoms with Gasteiger partial charge in [-0.15, -0.1) is 0 Å². The molecule has 0 atom stereocenters. The maximum Gasteiger partial charge on any atom is 0.328 e. The highest BCUT2D eigenvalue weighted by atomic mass is 19.1. The summed E-state index contributed by atoms with van der Waals surface area (Å²) in [5.74, 6) is -3.60. The molecule has 2 aliphatic heterocycles. The number of hydrogen-bond acceptors (Lipinski definition) is 4. The third kappa shape index (κ3) is 3.40. The van der Waals surface area contributed by atoms with Crippen molar-refractivity contribution in [2.24, 2.45) is 5.92 Å². The van der Waals surface area contributed by atoms with Crippen molar-refractivity contribution >= 4 is 29.3 Å². The van der Waals surface area contributed by atoms with Gasteiger partial charge < -0.3 is 10.0 Å². The molecule has 0 aliphatic carbocycles. The summed E-state index contributed by atoms with van der Waals surface area (Å²) < 4.78 is 28.9. The largest absolute Gasteiger partial charge is 0.481 e. The van der Waals surface area contributed by atoms with Crippen LogP contribution in [0.4, 0.5) is 25.0 Å². The number of piperidine rings is 1. The van der Waals surface area contributed by atoms with E-state index in [0.717, 1.165) is 17.0 Å². The molecule has 2 fully saturated rings. The minimum atomic E-state index is -0.903. The van der Waals surface area contributed by atoms with E-state index in [4.69, 9.17) is 5.11 Å². The lowest BCUT2D eigenvalue weighted by atomic mass is 9.96. The number of carboxylic acids is 1. The second-order valence-electron chi connectivity index (χ2n) is 6.11. The van der Waals surface area contributed by atoms with Crippen LogP contribution in [0.15, 0.2) is 12.1 Å². The van der Waals surface area contributed by atoms with E-state index in [-0.39, 0.29) is 13.0 Å². The molecule has 2 aliphatic rings. The van der Waals surface area contributed by atoms with Crippen molar-refractivity contribution in [3.05, 3.63) is 23.8 Å². The number of imide groups is 1. The van der Waals surface area contributed by atoms with Gasteiger partial charge in [0.25, 0.3) is 0 Å². The van der Waals surface area contributed by atoms with Gasteiger partial charge in [-0.3, -0.25) is 19.8 Å². The normalized spacial score (nSPS) is 19.1. The Hall–Kier alpha value is -2.71. The second-order valence-corrected chi connectivity index (χ2v) is 6.11. The lowest BCUT2D eigenvalue weighted by Gasteiger charge is -2.33. The number of anilines is 2. The lowest BCUT2D eigenvalue weighted by Crippen LogP contribution is -2.50. The summed E-state index contributed by atoms with van der Waals surface area (Å²) in [5, 5.41) is 11.0. The molecular formula is C16H17F2N3O4. The van der Waals surface area contributed by atoms with Gasteiger partial charge in [-0.1, -0.05) is 0 Å². The number of rotatable bonds is 3. The summed E-state index contributed by atoms with van der Waals surface area (Å²) in [4.78, 5) is 36.5. The minimum absolute atomic E-state index is 0.0327. The topological polar surface area (TPSA) is 90.0 Å². The van der Waals surface area contributed by atoms with E-state index in [9.17, 15) is 23.2 Å². The molecule has 0 bridgehead atoms. The molecular weight excluding hydrogens is 336 g/mol. The van der Waals surface area contributed by atoms with Crippen molar-refractivity contribution in [2.45, 2.75) is 19.3 Å². The fourth-order valence-corrected chi connectivity index (χ4v) is 3.15. The van der Waals surface area contributed by atoms with Crippen molar-refractivity contribution in [3.8, 4) is 0 Å². The summed E-state index contributed by atoms with van der Waals surface area (Å²) in [6.07, 6.45) is 0.767. The number of carbonyl (C=O) groups is 3. The minimum Gasteiger partial charge on any atom is -0.481 e. The SMILES string of the molecule is O=C1CCN(c2c(F)cc(N3CCC(C(=O)O)CC3)cc2F)C(=O)N1. The van der Waals surface area contributed by atoms with Gasteiger partial charge >= 0.3 is 12.0 Å². The van der Waals surface area contributed by atoms with Crippen molar-refractivity contribution in [3.63, 3.8) is 0 Å². The van der Waals surface area contributed by atoms with Crippen LogP contribution in [0.5, 0.6) is 0 Å². The van der Waals surface area contributed by atoms with Crippen molar-refractivity contribution in [1.29, 1.82) is 0 Å². The Morgan fingerprint density at radius 3 is 2.24 bits per heavy atom. The third-order valence-electron chi connectivity index (χ3n) is 4.53. The maximum atomic E-state index is 14.5. The molecule has 0 aromatic heterocycles. The average Bonchev–Trinajstić information content (AvgIpc) is 2.56. The summed E-state index contributed by atoms with van der Waals surface area (Å²) in [5.41, 5.74) is -0.190. The van der Waals surface area contributed by atoms with E-state index < -0.39 is 41.1 Å². The van der Waals surface area contributed by atoms with Crippen LogP contribution in [0.2, 0.25) is 0 Å². The number of aliphatic carboxylic acids is 1. The zero-order chi connectivity index (χ0) is 18.1. The first-order valence-electron chi connectivity index (χ1n) is 7.95. The number of carboxylic acid groups (broad SMARTS) is 1. The van der Waals surface area contributed by atoms with Crippen LogP contribution in [0.3, 0.4) is 0 Å². The van der Waals surface area contributed by atoms with Crippen LogP contribution in [0, 0.1) is 17.6 Å². The number of urea groups is 1. The highest BCUT2D eigenvalue weighted by Crippen LogP contribution is 2.31. The van der Waals surface area contributed by atoms with Crippen LogP contribution in [-0.2, 0) is 9.59 Å². The van der Waals surface area contributed by atoms with Crippen molar-refractivity contribution in [2.75, 3.05) is 29.4 Å². The lowest BCUT2D eigenvalue weighted by molar-refractivity contribution is -0.142. The molecule has 1 aromatic rings. The van der Waals surface area contributed by atoms with Gasteiger partial charge in [0.15, 0.2) is 11.6 Å². The molecule has 3 rings (SSSR count). The molecule has 25 heavy (non-hydrogen) atoms. The van der Waals surface area contributed by atoms with E-state index in [1.165, 1.54) is 0 Å². The van der Waals surface area contributed by atoms with Gasteiger partial charge in [-0.2, -0.15) is 0 Å². The maximum absolute atomic E-state index is 14.5. The number of nitrogens with zero attached hydrogens (tertiary/aromatic N) is 2. The molecule has 0 spiro atoms. The predicted molar refractivity (Wildman–Crippen MR) is 84.4 cm³/mol. The Bertz CT molecular complexity index is 709. The molecule has 0 saturated carbocycles. The van der Waals surface area contributed by atoms with Crippen LogP contribution < -0.4 is 15.1 Å². The van der Waals surface area contributed by atoms with E-state index in [0.29, 0.717) is 31.6 Å². The van der Waals surface area contributed by atoms with E-state index >= 15 is 0 Å². The number of halogens is 2.